The molecule has 0 aliphatic rings. The third-order valence-corrected chi connectivity index (χ3v) is 3.64. The summed E-state index contributed by atoms with van der Waals surface area (Å²) in [5, 5.41) is 3.95. The van der Waals surface area contributed by atoms with Gasteiger partial charge in [0.1, 0.15) is 10.4 Å². The second-order valence-electron chi connectivity index (χ2n) is 4.22. The van der Waals surface area contributed by atoms with Gasteiger partial charge in [0.05, 0.1) is 36.2 Å². The first-order chi connectivity index (χ1) is 11.0. The molecule has 0 N–H and O–H groups in total. The molecular formula is C14H10BrClN4O3. The predicted octanol–water partition coefficient (Wildman–Crippen LogP) is 4.90. The van der Waals surface area contributed by atoms with Crippen LogP contribution in [0.25, 0.3) is 21.7 Å². The molecule has 1 aromatic carbocycles. The van der Waals surface area contributed by atoms with Crippen LogP contribution >= 0.6 is 27.5 Å². The van der Waals surface area contributed by atoms with E-state index in [1.54, 1.807) is 18.2 Å². The van der Waals surface area contributed by atoms with Crippen molar-refractivity contribution in [3.8, 4) is 17.0 Å². The minimum Gasteiger partial charge on any atom is -0.495 e. The number of esters is 1. The maximum atomic E-state index is 11.9. The second-order valence-corrected chi connectivity index (χ2v) is 5.44. The lowest BCUT2D eigenvalue weighted by molar-refractivity contribution is 0.0601. The Morgan fingerprint density at radius 2 is 2.13 bits per heavy atom. The number of benzene rings is 1. The molecule has 0 unspecified atom stereocenters. The standard InChI is InChI=1S/C14H10BrClN4O3/c1-22-10-4-3-7(5-9(10)16)12-13(19-20-17)8(14(21)23-2)6-11(15)18-12/h3-6H,1-2H3. The van der Waals surface area contributed by atoms with Gasteiger partial charge in [-0.3, -0.25) is 0 Å². The number of halogens is 2. The average molecular weight is 398 g/mol. The van der Waals surface area contributed by atoms with Gasteiger partial charge in [-0.15, -0.1) is 0 Å². The monoisotopic (exact) mass is 396 g/mol. The zero-order valence-electron chi connectivity index (χ0n) is 12.1. The molecule has 0 aliphatic heterocycles. The van der Waals surface area contributed by atoms with Gasteiger partial charge in [-0.2, -0.15) is 0 Å². The number of hydrogen-bond acceptors (Lipinski definition) is 5. The van der Waals surface area contributed by atoms with Crippen LogP contribution in [-0.2, 0) is 4.74 Å². The zero-order valence-corrected chi connectivity index (χ0v) is 14.4. The Kier molecular flexibility index (Phi) is 5.44. The van der Waals surface area contributed by atoms with Crippen LogP contribution in [0, 0.1) is 0 Å². The zero-order chi connectivity index (χ0) is 17.0. The number of hydrogen-bond donors (Lipinski definition) is 0. The van der Waals surface area contributed by atoms with E-state index in [1.807, 2.05) is 0 Å². The number of carbonyl (C=O) groups excluding carboxylic acids is 1. The summed E-state index contributed by atoms with van der Waals surface area (Å²) in [5.41, 5.74) is 9.80. The number of methoxy groups -OCH3 is 2. The van der Waals surface area contributed by atoms with Crippen molar-refractivity contribution in [3.63, 3.8) is 0 Å². The van der Waals surface area contributed by atoms with Crippen LogP contribution in [0.5, 0.6) is 5.75 Å². The van der Waals surface area contributed by atoms with Crippen molar-refractivity contribution in [2.75, 3.05) is 14.2 Å². The summed E-state index contributed by atoms with van der Waals surface area (Å²) < 4.78 is 10.2. The van der Waals surface area contributed by atoms with E-state index >= 15 is 0 Å². The molecule has 0 bridgehead atoms. The normalized spacial score (nSPS) is 9.91. The van der Waals surface area contributed by atoms with E-state index in [4.69, 9.17) is 26.6 Å². The highest BCUT2D eigenvalue weighted by Crippen LogP contribution is 2.37. The van der Waals surface area contributed by atoms with E-state index in [9.17, 15) is 4.79 Å². The van der Waals surface area contributed by atoms with Crippen LogP contribution in [0.4, 0.5) is 5.69 Å². The molecule has 9 heteroatoms. The summed E-state index contributed by atoms with van der Waals surface area (Å²) in [6.45, 7) is 0. The lowest BCUT2D eigenvalue weighted by atomic mass is 10.1. The Bertz CT molecular complexity index is 822. The van der Waals surface area contributed by atoms with Crippen LogP contribution in [0.2, 0.25) is 5.02 Å². The van der Waals surface area contributed by atoms with E-state index in [-0.39, 0.29) is 11.3 Å². The third-order valence-electron chi connectivity index (χ3n) is 2.94. The van der Waals surface area contributed by atoms with Gasteiger partial charge < -0.3 is 9.47 Å². The van der Waals surface area contributed by atoms with Crippen LogP contribution < -0.4 is 4.74 Å². The highest BCUT2D eigenvalue weighted by atomic mass is 79.9. The summed E-state index contributed by atoms with van der Waals surface area (Å²) in [4.78, 5) is 19.0. The van der Waals surface area contributed by atoms with Gasteiger partial charge in [0.15, 0.2) is 0 Å². The topological polar surface area (TPSA) is 97.2 Å². The molecule has 0 spiro atoms. The van der Waals surface area contributed by atoms with Crippen LogP contribution in [0.1, 0.15) is 10.4 Å². The second kappa shape index (κ2) is 7.32. The minimum atomic E-state index is -0.642. The summed E-state index contributed by atoms with van der Waals surface area (Å²) in [6, 6.07) is 6.37. The van der Waals surface area contributed by atoms with Crippen LogP contribution in [-0.4, -0.2) is 25.2 Å². The SMILES string of the molecule is COC(=O)c1cc(Br)nc(-c2ccc(OC)c(Cl)c2)c1N=[N+]=[N-]. The number of carbonyl (C=O) groups is 1. The maximum absolute atomic E-state index is 11.9. The average Bonchev–Trinajstić information content (AvgIpc) is 2.55. The lowest BCUT2D eigenvalue weighted by Crippen LogP contribution is -2.03. The molecule has 0 atom stereocenters. The molecule has 0 saturated carbocycles. The fourth-order valence-electron chi connectivity index (χ4n) is 1.93. The largest absolute Gasteiger partial charge is 0.495 e. The van der Waals surface area contributed by atoms with Crippen molar-refractivity contribution in [1.29, 1.82) is 0 Å². The lowest BCUT2D eigenvalue weighted by Gasteiger charge is -2.11. The number of azide groups is 1. The number of ether oxygens (including phenoxy) is 2. The van der Waals surface area contributed by atoms with Crippen molar-refractivity contribution in [1.82, 2.24) is 4.98 Å². The molecule has 0 amide bonds. The maximum Gasteiger partial charge on any atom is 0.338 e. The summed E-state index contributed by atoms with van der Waals surface area (Å²) in [5.74, 6) is -0.153. The number of pyridine rings is 1. The molecule has 0 radical (unpaired) electrons. The van der Waals surface area contributed by atoms with E-state index in [2.05, 4.69) is 30.9 Å². The van der Waals surface area contributed by atoms with Gasteiger partial charge in [-0.25, -0.2) is 9.78 Å². The molecule has 2 aromatic rings. The fourth-order valence-corrected chi connectivity index (χ4v) is 2.60. The van der Waals surface area contributed by atoms with Gasteiger partial charge in [-0.05, 0) is 45.7 Å². The Balaban J connectivity index is 2.75. The van der Waals surface area contributed by atoms with Crippen molar-refractivity contribution in [3.05, 3.63) is 49.9 Å². The molecule has 0 fully saturated rings. The van der Waals surface area contributed by atoms with Crippen molar-refractivity contribution in [2.24, 2.45) is 5.11 Å². The molecule has 1 heterocycles. The van der Waals surface area contributed by atoms with Crippen molar-refractivity contribution >= 4 is 39.2 Å². The number of rotatable bonds is 4. The minimum absolute atomic E-state index is 0.0591. The molecule has 0 saturated heterocycles. The Labute approximate surface area is 144 Å². The summed E-state index contributed by atoms with van der Waals surface area (Å²) in [7, 11) is 2.74. The first-order valence-electron chi connectivity index (χ1n) is 6.19. The van der Waals surface area contributed by atoms with E-state index in [0.29, 0.717) is 26.6 Å². The highest BCUT2D eigenvalue weighted by Gasteiger charge is 2.19. The Hall–Kier alpha value is -2.28. The molecule has 2 rings (SSSR count). The highest BCUT2D eigenvalue weighted by molar-refractivity contribution is 9.10. The molecular weight excluding hydrogens is 388 g/mol. The van der Waals surface area contributed by atoms with E-state index in [1.165, 1.54) is 20.3 Å². The molecule has 0 aliphatic carbocycles. The molecule has 7 nitrogen and oxygen atoms in total. The quantitative estimate of drug-likeness (QED) is 0.241. The first kappa shape index (κ1) is 17.1. The number of nitrogens with zero attached hydrogens (tertiary/aromatic N) is 4. The smallest absolute Gasteiger partial charge is 0.338 e. The Morgan fingerprint density at radius 1 is 1.39 bits per heavy atom. The fraction of sp³-hybridized carbons (Fsp3) is 0.143. The predicted molar refractivity (Wildman–Crippen MR) is 89.1 cm³/mol. The Morgan fingerprint density at radius 3 is 2.70 bits per heavy atom. The molecule has 1 aromatic heterocycles. The van der Waals surface area contributed by atoms with Crippen LogP contribution in [0.3, 0.4) is 0 Å². The van der Waals surface area contributed by atoms with Gasteiger partial charge in [0, 0.05) is 10.5 Å². The van der Waals surface area contributed by atoms with Crippen LogP contribution in [0.15, 0.2) is 34.0 Å². The van der Waals surface area contributed by atoms with Gasteiger partial charge in [0.25, 0.3) is 0 Å². The summed E-state index contributed by atoms with van der Waals surface area (Å²) in [6.07, 6.45) is 0. The van der Waals surface area contributed by atoms with E-state index < -0.39 is 5.97 Å². The van der Waals surface area contributed by atoms with Gasteiger partial charge in [0.2, 0.25) is 0 Å². The first-order valence-corrected chi connectivity index (χ1v) is 7.36. The van der Waals surface area contributed by atoms with Gasteiger partial charge in [-0.1, -0.05) is 16.7 Å². The van der Waals surface area contributed by atoms with Crippen molar-refractivity contribution in [2.45, 2.75) is 0 Å². The summed E-state index contributed by atoms with van der Waals surface area (Å²) >= 11 is 9.35. The van der Waals surface area contributed by atoms with Gasteiger partial charge >= 0.3 is 5.97 Å². The number of aromatic nitrogens is 1. The molecule has 23 heavy (non-hydrogen) atoms. The molecule has 118 valence electrons. The third kappa shape index (κ3) is 3.56. The van der Waals surface area contributed by atoms with Crippen molar-refractivity contribution < 1.29 is 14.3 Å². The van der Waals surface area contributed by atoms with E-state index in [0.717, 1.165) is 0 Å².